The van der Waals surface area contributed by atoms with Crippen LogP contribution in [0.1, 0.15) is 25.8 Å². The number of thioether (sulfide) groups is 1. The Kier molecular flexibility index (Phi) is 7.41. The van der Waals surface area contributed by atoms with Crippen molar-refractivity contribution in [3.8, 4) is 5.75 Å². The first-order valence-electron chi connectivity index (χ1n) is 8.05. The van der Waals surface area contributed by atoms with Gasteiger partial charge in [0, 0.05) is 42.7 Å². The van der Waals surface area contributed by atoms with E-state index >= 15 is 0 Å². The smallest absolute Gasteiger partial charge is 0.123 e. The second-order valence-electron chi connectivity index (χ2n) is 5.61. The van der Waals surface area contributed by atoms with Crippen LogP contribution in [0.25, 0.3) is 0 Å². The van der Waals surface area contributed by atoms with Crippen LogP contribution in [-0.4, -0.2) is 48.7 Å². The lowest BCUT2D eigenvalue weighted by atomic mass is 10.2. The van der Waals surface area contributed by atoms with E-state index in [0.717, 1.165) is 43.7 Å². The Morgan fingerprint density at radius 1 is 1.38 bits per heavy atom. The molecule has 0 aromatic heterocycles. The molecule has 4 heteroatoms. The van der Waals surface area contributed by atoms with Gasteiger partial charge in [0.1, 0.15) is 12.4 Å². The summed E-state index contributed by atoms with van der Waals surface area (Å²) >= 11 is 2.07. The Morgan fingerprint density at radius 2 is 2.24 bits per heavy atom. The number of rotatable bonds is 8. The molecule has 1 saturated heterocycles. The first kappa shape index (κ1) is 16.7. The minimum absolute atomic E-state index is 0.754. The average Bonchev–Trinajstić information content (AvgIpc) is 2.49. The summed E-state index contributed by atoms with van der Waals surface area (Å²) in [6.45, 7) is 10.6. The summed E-state index contributed by atoms with van der Waals surface area (Å²) in [7, 11) is 0. The maximum absolute atomic E-state index is 6.02. The van der Waals surface area contributed by atoms with E-state index in [1.165, 1.54) is 24.4 Å². The molecule has 0 aliphatic carbocycles. The summed E-state index contributed by atoms with van der Waals surface area (Å²) < 4.78 is 6.02. The zero-order chi connectivity index (χ0) is 14.9. The molecule has 0 saturated carbocycles. The van der Waals surface area contributed by atoms with Gasteiger partial charge in [-0.1, -0.05) is 32.0 Å². The molecule has 0 radical (unpaired) electrons. The molecule has 1 fully saturated rings. The molecule has 3 nitrogen and oxygen atoms in total. The Balaban J connectivity index is 1.76. The standard InChI is InChI=1S/C17H28N2OS/c1-3-8-18-13-16-6-4-5-7-17(16)20-11-9-19-10-12-21-15(2)14-19/h4-7,15,18H,3,8-14H2,1-2H3. The maximum Gasteiger partial charge on any atom is 0.123 e. The summed E-state index contributed by atoms with van der Waals surface area (Å²) in [6.07, 6.45) is 1.16. The van der Waals surface area contributed by atoms with Crippen LogP contribution in [0, 0.1) is 0 Å². The highest BCUT2D eigenvalue weighted by atomic mass is 32.2. The Labute approximate surface area is 133 Å². The monoisotopic (exact) mass is 308 g/mol. The van der Waals surface area contributed by atoms with E-state index in [-0.39, 0.29) is 0 Å². The lowest BCUT2D eigenvalue weighted by molar-refractivity contribution is 0.213. The van der Waals surface area contributed by atoms with Crippen molar-refractivity contribution in [2.75, 3.05) is 38.5 Å². The lowest BCUT2D eigenvalue weighted by Crippen LogP contribution is -2.39. The molecule has 1 aromatic rings. The van der Waals surface area contributed by atoms with E-state index in [4.69, 9.17) is 4.74 Å². The fraction of sp³-hybridized carbons (Fsp3) is 0.647. The van der Waals surface area contributed by atoms with Crippen LogP contribution in [0.4, 0.5) is 0 Å². The molecule has 0 amide bonds. The predicted octanol–water partition coefficient (Wildman–Crippen LogP) is 3.00. The van der Waals surface area contributed by atoms with Gasteiger partial charge in [-0.3, -0.25) is 4.90 Å². The molecule has 0 spiro atoms. The molecule has 1 heterocycles. The van der Waals surface area contributed by atoms with E-state index in [0.29, 0.717) is 0 Å². The van der Waals surface area contributed by atoms with Gasteiger partial charge in [0.15, 0.2) is 0 Å². The minimum atomic E-state index is 0.754. The van der Waals surface area contributed by atoms with E-state index in [9.17, 15) is 0 Å². The van der Waals surface area contributed by atoms with Crippen molar-refractivity contribution < 1.29 is 4.74 Å². The molecule has 1 aliphatic rings. The summed E-state index contributed by atoms with van der Waals surface area (Å²) in [4.78, 5) is 2.51. The largest absolute Gasteiger partial charge is 0.492 e. The third kappa shape index (κ3) is 5.89. The van der Waals surface area contributed by atoms with Gasteiger partial charge in [0.25, 0.3) is 0 Å². The van der Waals surface area contributed by atoms with Crippen LogP contribution in [0.15, 0.2) is 24.3 Å². The fourth-order valence-corrected chi connectivity index (χ4v) is 3.65. The van der Waals surface area contributed by atoms with Crippen molar-refractivity contribution in [1.82, 2.24) is 10.2 Å². The van der Waals surface area contributed by atoms with Gasteiger partial charge in [-0.15, -0.1) is 0 Å². The van der Waals surface area contributed by atoms with E-state index < -0.39 is 0 Å². The number of nitrogens with one attached hydrogen (secondary N) is 1. The first-order chi connectivity index (χ1) is 10.3. The zero-order valence-electron chi connectivity index (χ0n) is 13.3. The van der Waals surface area contributed by atoms with Gasteiger partial charge in [0.2, 0.25) is 0 Å². The number of ether oxygens (including phenoxy) is 1. The van der Waals surface area contributed by atoms with Crippen molar-refractivity contribution in [3.05, 3.63) is 29.8 Å². The van der Waals surface area contributed by atoms with Crippen LogP contribution in [0.3, 0.4) is 0 Å². The third-order valence-corrected chi connectivity index (χ3v) is 4.84. The van der Waals surface area contributed by atoms with Gasteiger partial charge in [0.05, 0.1) is 0 Å². The molecular weight excluding hydrogens is 280 g/mol. The van der Waals surface area contributed by atoms with Crippen LogP contribution in [0.5, 0.6) is 5.75 Å². The molecular formula is C17H28N2OS. The fourth-order valence-electron chi connectivity index (χ4n) is 2.57. The third-order valence-electron chi connectivity index (χ3n) is 3.71. The molecule has 1 aliphatic heterocycles. The van der Waals surface area contributed by atoms with Crippen molar-refractivity contribution >= 4 is 11.8 Å². The second kappa shape index (κ2) is 9.34. The lowest BCUT2D eigenvalue weighted by Gasteiger charge is -2.30. The molecule has 2 rings (SSSR count). The molecule has 21 heavy (non-hydrogen) atoms. The van der Waals surface area contributed by atoms with Gasteiger partial charge in [-0.25, -0.2) is 0 Å². The van der Waals surface area contributed by atoms with Crippen molar-refractivity contribution in [3.63, 3.8) is 0 Å². The Bertz CT molecular complexity index is 414. The quantitative estimate of drug-likeness (QED) is 0.746. The van der Waals surface area contributed by atoms with E-state index in [1.807, 2.05) is 0 Å². The van der Waals surface area contributed by atoms with E-state index in [1.54, 1.807) is 0 Å². The molecule has 118 valence electrons. The predicted molar refractivity (Wildman–Crippen MR) is 92.3 cm³/mol. The number of para-hydroxylation sites is 1. The summed E-state index contributed by atoms with van der Waals surface area (Å²) in [5.74, 6) is 2.28. The number of benzene rings is 1. The van der Waals surface area contributed by atoms with Crippen molar-refractivity contribution in [2.45, 2.75) is 32.1 Å². The van der Waals surface area contributed by atoms with Gasteiger partial charge < -0.3 is 10.1 Å². The second-order valence-corrected chi connectivity index (χ2v) is 7.16. The summed E-state index contributed by atoms with van der Waals surface area (Å²) in [5, 5.41) is 4.20. The van der Waals surface area contributed by atoms with Crippen molar-refractivity contribution in [1.29, 1.82) is 0 Å². The zero-order valence-corrected chi connectivity index (χ0v) is 14.1. The molecule has 1 N–H and O–H groups in total. The number of hydrogen-bond acceptors (Lipinski definition) is 4. The Hall–Kier alpha value is -0.710. The van der Waals surface area contributed by atoms with Crippen molar-refractivity contribution in [2.24, 2.45) is 0 Å². The van der Waals surface area contributed by atoms with Crippen LogP contribution < -0.4 is 10.1 Å². The highest BCUT2D eigenvalue weighted by Gasteiger charge is 2.16. The number of hydrogen-bond donors (Lipinski definition) is 1. The molecule has 0 bridgehead atoms. The first-order valence-corrected chi connectivity index (χ1v) is 9.10. The van der Waals surface area contributed by atoms with Crippen LogP contribution >= 0.6 is 11.8 Å². The summed E-state index contributed by atoms with van der Waals surface area (Å²) in [5.41, 5.74) is 1.26. The molecule has 1 atom stereocenters. The molecule has 1 aromatic carbocycles. The summed E-state index contributed by atoms with van der Waals surface area (Å²) in [6, 6.07) is 8.37. The number of nitrogens with zero attached hydrogens (tertiary/aromatic N) is 1. The van der Waals surface area contributed by atoms with Crippen LogP contribution in [0.2, 0.25) is 0 Å². The minimum Gasteiger partial charge on any atom is -0.492 e. The van der Waals surface area contributed by atoms with E-state index in [2.05, 4.69) is 60.1 Å². The van der Waals surface area contributed by atoms with Gasteiger partial charge in [-0.2, -0.15) is 11.8 Å². The average molecular weight is 308 g/mol. The highest BCUT2D eigenvalue weighted by molar-refractivity contribution is 7.99. The molecule has 1 unspecified atom stereocenters. The van der Waals surface area contributed by atoms with Gasteiger partial charge in [-0.05, 0) is 19.0 Å². The van der Waals surface area contributed by atoms with Crippen LogP contribution in [-0.2, 0) is 6.54 Å². The Morgan fingerprint density at radius 3 is 3.05 bits per heavy atom. The normalized spacial score (nSPS) is 19.6. The van der Waals surface area contributed by atoms with Gasteiger partial charge >= 0.3 is 0 Å². The topological polar surface area (TPSA) is 24.5 Å². The maximum atomic E-state index is 6.02. The highest BCUT2D eigenvalue weighted by Crippen LogP contribution is 2.19. The SMILES string of the molecule is CCCNCc1ccccc1OCCN1CCSC(C)C1.